The van der Waals surface area contributed by atoms with Crippen LogP contribution in [0.15, 0.2) is 24.3 Å². The molecule has 1 aliphatic rings. The average Bonchev–Trinajstić information content (AvgIpc) is 2.42. The second-order valence-electron chi connectivity index (χ2n) is 4.87. The molecule has 1 saturated heterocycles. The van der Waals surface area contributed by atoms with E-state index in [4.69, 9.17) is 10.8 Å². The van der Waals surface area contributed by atoms with Crippen LogP contribution in [0.2, 0.25) is 0 Å². The Morgan fingerprint density at radius 3 is 2.39 bits per heavy atom. The maximum atomic E-state index is 8.91. The number of benzene rings is 1. The predicted molar refractivity (Wildman–Crippen MR) is 73.1 cm³/mol. The van der Waals surface area contributed by atoms with Crippen molar-refractivity contribution in [2.75, 3.05) is 39.3 Å². The molecule has 4 nitrogen and oxygen atoms in total. The monoisotopic (exact) mass is 249 g/mol. The molecule has 0 atom stereocenters. The van der Waals surface area contributed by atoms with Crippen LogP contribution in [0.5, 0.6) is 0 Å². The van der Waals surface area contributed by atoms with Gasteiger partial charge in [-0.2, -0.15) is 0 Å². The highest BCUT2D eigenvalue weighted by Crippen LogP contribution is 2.10. The van der Waals surface area contributed by atoms with Crippen molar-refractivity contribution in [1.29, 1.82) is 0 Å². The quantitative estimate of drug-likeness (QED) is 0.786. The van der Waals surface area contributed by atoms with Crippen LogP contribution in [0.25, 0.3) is 0 Å². The van der Waals surface area contributed by atoms with Crippen molar-refractivity contribution in [3.8, 4) is 0 Å². The number of aliphatic hydroxyl groups is 1. The summed E-state index contributed by atoms with van der Waals surface area (Å²) in [4.78, 5) is 4.77. The predicted octanol–water partition coefficient (Wildman–Crippen LogP) is 0.255. The summed E-state index contributed by atoms with van der Waals surface area (Å²) < 4.78 is 0. The van der Waals surface area contributed by atoms with E-state index in [-0.39, 0.29) is 6.61 Å². The minimum atomic E-state index is 0.262. The number of rotatable bonds is 5. The standard InChI is InChI=1S/C14H23N3O/c15-11-13-2-1-3-14(10-13)12-17-6-4-16(5-7-17)8-9-18/h1-3,10,18H,4-9,11-12,15H2. The van der Waals surface area contributed by atoms with Gasteiger partial charge >= 0.3 is 0 Å². The maximum absolute atomic E-state index is 8.91. The third-order valence-corrected chi connectivity index (χ3v) is 3.51. The van der Waals surface area contributed by atoms with Crippen molar-refractivity contribution in [2.45, 2.75) is 13.1 Å². The van der Waals surface area contributed by atoms with Gasteiger partial charge in [0.1, 0.15) is 0 Å². The van der Waals surface area contributed by atoms with E-state index in [0.29, 0.717) is 6.54 Å². The van der Waals surface area contributed by atoms with E-state index < -0.39 is 0 Å². The van der Waals surface area contributed by atoms with Gasteiger partial charge in [0.25, 0.3) is 0 Å². The van der Waals surface area contributed by atoms with Gasteiger partial charge in [-0.15, -0.1) is 0 Å². The normalized spacial score (nSPS) is 18.1. The molecule has 2 rings (SSSR count). The Morgan fingerprint density at radius 2 is 1.72 bits per heavy atom. The summed E-state index contributed by atoms with van der Waals surface area (Å²) in [5.74, 6) is 0. The molecular formula is C14H23N3O. The third kappa shape index (κ3) is 3.78. The fraction of sp³-hybridized carbons (Fsp3) is 0.571. The SMILES string of the molecule is NCc1cccc(CN2CCN(CCO)CC2)c1. The Balaban J connectivity index is 1.83. The summed E-state index contributed by atoms with van der Waals surface area (Å²) in [6, 6.07) is 8.52. The van der Waals surface area contributed by atoms with Crippen LogP contribution in [0.1, 0.15) is 11.1 Å². The van der Waals surface area contributed by atoms with Gasteiger partial charge in [0, 0.05) is 45.8 Å². The van der Waals surface area contributed by atoms with Crippen molar-refractivity contribution >= 4 is 0 Å². The highest BCUT2D eigenvalue weighted by molar-refractivity contribution is 5.23. The van der Waals surface area contributed by atoms with Crippen LogP contribution in [-0.4, -0.2) is 54.2 Å². The van der Waals surface area contributed by atoms with Crippen molar-refractivity contribution in [1.82, 2.24) is 9.80 Å². The molecule has 1 aromatic carbocycles. The fourth-order valence-corrected chi connectivity index (χ4v) is 2.43. The molecule has 1 aromatic rings. The minimum Gasteiger partial charge on any atom is -0.395 e. The van der Waals surface area contributed by atoms with Gasteiger partial charge in [0.2, 0.25) is 0 Å². The summed E-state index contributed by atoms with van der Waals surface area (Å²) in [6.45, 7) is 6.93. The number of hydrogen-bond acceptors (Lipinski definition) is 4. The van der Waals surface area contributed by atoms with Gasteiger partial charge in [-0.25, -0.2) is 0 Å². The lowest BCUT2D eigenvalue weighted by Crippen LogP contribution is -2.46. The highest BCUT2D eigenvalue weighted by Gasteiger charge is 2.16. The maximum Gasteiger partial charge on any atom is 0.0558 e. The molecule has 4 heteroatoms. The minimum absolute atomic E-state index is 0.262. The lowest BCUT2D eigenvalue weighted by molar-refractivity contribution is 0.108. The van der Waals surface area contributed by atoms with E-state index >= 15 is 0 Å². The summed E-state index contributed by atoms with van der Waals surface area (Å²) in [5.41, 5.74) is 8.20. The molecule has 0 aliphatic carbocycles. The van der Waals surface area contributed by atoms with E-state index in [1.165, 1.54) is 11.1 Å². The molecule has 18 heavy (non-hydrogen) atoms. The first-order valence-electron chi connectivity index (χ1n) is 6.65. The van der Waals surface area contributed by atoms with Gasteiger partial charge in [-0.05, 0) is 11.1 Å². The number of nitrogens with zero attached hydrogens (tertiary/aromatic N) is 2. The lowest BCUT2D eigenvalue weighted by Gasteiger charge is -2.34. The summed E-state index contributed by atoms with van der Waals surface area (Å²) in [5, 5.41) is 8.91. The molecular weight excluding hydrogens is 226 g/mol. The number of aliphatic hydroxyl groups excluding tert-OH is 1. The molecule has 0 radical (unpaired) electrons. The van der Waals surface area contributed by atoms with E-state index in [1.807, 2.05) is 0 Å². The Bertz CT molecular complexity index is 362. The van der Waals surface area contributed by atoms with Gasteiger partial charge < -0.3 is 10.8 Å². The van der Waals surface area contributed by atoms with Crippen LogP contribution >= 0.6 is 0 Å². The van der Waals surface area contributed by atoms with Crippen molar-refractivity contribution in [2.24, 2.45) is 5.73 Å². The molecule has 0 bridgehead atoms. The van der Waals surface area contributed by atoms with Crippen LogP contribution < -0.4 is 5.73 Å². The first-order chi connectivity index (χ1) is 8.81. The molecule has 0 unspecified atom stereocenters. The molecule has 3 N–H and O–H groups in total. The summed E-state index contributed by atoms with van der Waals surface area (Å²) in [6.07, 6.45) is 0. The Morgan fingerprint density at radius 1 is 1.06 bits per heavy atom. The highest BCUT2D eigenvalue weighted by atomic mass is 16.3. The summed E-state index contributed by atoms with van der Waals surface area (Å²) in [7, 11) is 0. The molecule has 1 heterocycles. The molecule has 100 valence electrons. The van der Waals surface area contributed by atoms with E-state index in [1.54, 1.807) is 0 Å². The van der Waals surface area contributed by atoms with Crippen LogP contribution in [-0.2, 0) is 13.1 Å². The van der Waals surface area contributed by atoms with Crippen molar-refractivity contribution in [3.63, 3.8) is 0 Å². The fourth-order valence-electron chi connectivity index (χ4n) is 2.43. The second-order valence-corrected chi connectivity index (χ2v) is 4.87. The largest absolute Gasteiger partial charge is 0.395 e. The first-order valence-corrected chi connectivity index (χ1v) is 6.65. The van der Waals surface area contributed by atoms with E-state index in [0.717, 1.165) is 39.3 Å². The van der Waals surface area contributed by atoms with Crippen LogP contribution in [0.3, 0.4) is 0 Å². The smallest absolute Gasteiger partial charge is 0.0558 e. The molecule has 0 aromatic heterocycles. The van der Waals surface area contributed by atoms with Crippen LogP contribution in [0.4, 0.5) is 0 Å². The van der Waals surface area contributed by atoms with Gasteiger partial charge in [0.15, 0.2) is 0 Å². The van der Waals surface area contributed by atoms with E-state index in [9.17, 15) is 0 Å². The third-order valence-electron chi connectivity index (χ3n) is 3.51. The zero-order valence-corrected chi connectivity index (χ0v) is 10.9. The molecule has 0 saturated carbocycles. The zero-order chi connectivity index (χ0) is 12.8. The first kappa shape index (κ1) is 13.5. The van der Waals surface area contributed by atoms with Gasteiger partial charge in [-0.3, -0.25) is 9.80 Å². The molecule has 1 fully saturated rings. The van der Waals surface area contributed by atoms with Crippen molar-refractivity contribution < 1.29 is 5.11 Å². The molecule has 1 aliphatic heterocycles. The zero-order valence-electron chi connectivity index (χ0n) is 10.9. The van der Waals surface area contributed by atoms with Gasteiger partial charge in [0.05, 0.1) is 6.61 Å². The summed E-state index contributed by atoms with van der Waals surface area (Å²) >= 11 is 0. The average molecular weight is 249 g/mol. The number of piperazine rings is 1. The number of hydrogen-bond donors (Lipinski definition) is 2. The Labute approximate surface area is 109 Å². The number of nitrogens with two attached hydrogens (primary N) is 1. The van der Waals surface area contributed by atoms with Gasteiger partial charge in [-0.1, -0.05) is 24.3 Å². The van der Waals surface area contributed by atoms with E-state index in [2.05, 4.69) is 34.1 Å². The molecule has 0 amide bonds. The lowest BCUT2D eigenvalue weighted by atomic mass is 10.1. The molecule has 0 spiro atoms. The Kier molecular flexibility index (Phi) is 5.13. The van der Waals surface area contributed by atoms with Crippen molar-refractivity contribution in [3.05, 3.63) is 35.4 Å². The Hall–Kier alpha value is -0.940. The number of β-amino-alcohol motifs (C(OH)–C–C–N with tert-alkyl or cyclic N) is 1. The topological polar surface area (TPSA) is 52.7 Å². The second kappa shape index (κ2) is 6.85. The van der Waals surface area contributed by atoms with Crippen LogP contribution in [0, 0.1) is 0 Å².